The first-order valence-electron chi connectivity index (χ1n) is 10.2. The molecule has 5 rings (SSSR count). The van der Waals surface area contributed by atoms with Crippen molar-refractivity contribution in [3.8, 4) is 11.3 Å². The van der Waals surface area contributed by atoms with Crippen LogP contribution >= 0.6 is 0 Å². The lowest BCUT2D eigenvalue weighted by atomic mass is 9.93. The SMILES string of the molecule is Cc1ccc(-c2c([C@H]3c4ccccc4C(=O)N3CC(=O)O)c3ccccc3n2C)cc1. The number of benzene rings is 3. The van der Waals surface area contributed by atoms with Crippen LogP contribution in [-0.4, -0.2) is 33.0 Å². The van der Waals surface area contributed by atoms with Crippen LogP contribution in [0.5, 0.6) is 0 Å². The molecule has 3 aromatic carbocycles. The summed E-state index contributed by atoms with van der Waals surface area (Å²) in [4.78, 5) is 26.4. The number of carbonyl (C=O) groups is 2. The summed E-state index contributed by atoms with van der Waals surface area (Å²) in [6, 6.07) is 23.3. The van der Waals surface area contributed by atoms with E-state index in [1.165, 1.54) is 4.90 Å². The second kappa shape index (κ2) is 7.13. The van der Waals surface area contributed by atoms with E-state index >= 15 is 0 Å². The fourth-order valence-electron chi connectivity index (χ4n) is 4.75. The average molecular weight is 410 g/mol. The van der Waals surface area contributed by atoms with Crippen molar-refractivity contribution < 1.29 is 14.7 Å². The molecular weight excluding hydrogens is 388 g/mol. The predicted molar refractivity (Wildman–Crippen MR) is 120 cm³/mol. The predicted octanol–water partition coefficient (Wildman–Crippen LogP) is 4.78. The third kappa shape index (κ3) is 2.93. The number of amides is 1. The van der Waals surface area contributed by atoms with Gasteiger partial charge in [-0.05, 0) is 30.2 Å². The van der Waals surface area contributed by atoms with E-state index in [0.29, 0.717) is 5.56 Å². The van der Waals surface area contributed by atoms with Gasteiger partial charge in [0, 0.05) is 29.1 Å². The molecule has 4 aromatic rings. The van der Waals surface area contributed by atoms with Crippen molar-refractivity contribution in [3.05, 3.63) is 95.1 Å². The molecule has 0 unspecified atom stereocenters. The van der Waals surface area contributed by atoms with E-state index in [1.54, 1.807) is 6.07 Å². The van der Waals surface area contributed by atoms with E-state index < -0.39 is 12.0 Å². The molecule has 5 nitrogen and oxygen atoms in total. The second-order valence-corrected chi connectivity index (χ2v) is 8.02. The van der Waals surface area contributed by atoms with Crippen LogP contribution in [0.3, 0.4) is 0 Å². The highest BCUT2D eigenvalue weighted by atomic mass is 16.4. The summed E-state index contributed by atoms with van der Waals surface area (Å²) in [5.41, 5.74) is 6.60. The second-order valence-electron chi connectivity index (χ2n) is 8.02. The van der Waals surface area contributed by atoms with Crippen molar-refractivity contribution in [1.29, 1.82) is 0 Å². The minimum absolute atomic E-state index is 0.245. The molecule has 31 heavy (non-hydrogen) atoms. The van der Waals surface area contributed by atoms with Gasteiger partial charge >= 0.3 is 5.97 Å². The van der Waals surface area contributed by atoms with Gasteiger partial charge < -0.3 is 14.6 Å². The minimum atomic E-state index is -1.02. The van der Waals surface area contributed by atoms with Gasteiger partial charge in [0.15, 0.2) is 0 Å². The number of hydrogen-bond acceptors (Lipinski definition) is 2. The summed E-state index contributed by atoms with van der Waals surface area (Å²) in [6.07, 6.45) is 0. The molecule has 0 spiro atoms. The first kappa shape index (κ1) is 19.1. The molecule has 1 N–H and O–H groups in total. The fraction of sp³-hybridized carbons (Fsp3) is 0.154. The first-order chi connectivity index (χ1) is 15.0. The Hall–Kier alpha value is -3.86. The van der Waals surface area contributed by atoms with Crippen molar-refractivity contribution in [2.45, 2.75) is 13.0 Å². The highest BCUT2D eigenvalue weighted by Crippen LogP contribution is 2.46. The lowest BCUT2D eigenvalue weighted by Gasteiger charge is -2.25. The standard InChI is InChI=1S/C26H22N2O3/c1-16-11-13-17(14-12-16)24-23(20-9-5-6-10-21(20)27(24)2)25-18-7-3-4-8-19(18)26(31)28(25)15-22(29)30/h3-14,25H,15H2,1-2H3,(H,29,30)/t25-/m1/s1. The third-order valence-corrected chi connectivity index (χ3v) is 6.11. The van der Waals surface area contributed by atoms with Crippen molar-refractivity contribution in [1.82, 2.24) is 9.47 Å². The summed E-state index contributed by atoms with van der Waals surface area (Å²) in [6.45, 7) is 1.70. The van der Waals surface area contributed by atoms with Gasteiger partial charge in [-0.2, -0.15) is 0 Å². The molecule has 1 aliphatic rings. The van der Waals surface area contributed by atoms with Crippen molar-refractivity contribution in [3.63, 3.8) is 0 Å². The maximum absolute atomic E-state index is 13.2. The molecule has 154 valence electrons. The zero-order chi connectivity index (χ0) is 21.7. The molecule has 1 amide bonds. The lowest BCUT2D eigenvalue weighted by molar-refractivity contribution is -0.138. The number of carboxylic acid groups (broad SMARTS) is 1. The Morgan fingerprint density at radius 3 is 2.39 bits per heavy atom. The monoisotopic (exact) mass is 410 g/mol. The Balaban J connectivity index is 1.85. The van der Waals surface area contributed by atoms with E-state index in [1.807, 2.05) is 50.4 Å². The number of aromatic nitrogens is 1. The van der Waals surface area contributed by atoms with Crippen molar-refractivity contribution in [2.75, 3.05) is 6.54 Å². The summed E-state index contributed by atoms with van der Waals surface area (Å²) in [5.74, 6) is -1.27. The first-order valence-corrected chi connectivity index (χ1v) is 10.2. The van der Waals surface area contributed by atoms with Crippen LogP contribution in [0.4, 0.5) is 0 Å². The van der Waals surface area contributed by atoms with Gasteiger partial charge in [0.1, 0.15) is 6.54 Å². The quantitative estimate of drug-likeness (QED) is 0.526. The summed E-state index contributed by atoms with van der Waals surface area (Å²) in [7, 11) is 2.02. The van der Waals surface area contributed by atoms with Crippen molar-refractivity contribution >= 4 is 22.8 Å². The van der Waals surface area contributed by atoms with E-state index in [9.17, 15) is 14.7 Å². The zero-order valence-corrected chi connectivity index (χ0v) is 17.4. The summed E-state index contributed by atoms with van der Waals surface area (Å²) < 4.78 is 2.14. The molecule has 5 heteroatoms. The molecule has 0 radical (unpaired) electrons. The lowest BCUT2D eigenvalue weighted by Crippen LogP contribution is -2.34. The average Bonchev–Trinajstić information content (AvgIpc) is 3.20. The van der Waals surface area contributed by atoms with Gasteiger partial charge in [0.05, 0.1) is 11.7 Å². The molecule has 1 atom stereocenters. The van der Waals surface area contributed by atoms with Crippen LogP contribution in [0.15, 0.2) is 72.8 Å². The molecule has 1 aromatic heterocycles. The number of aliphatic carboxylic acids is 1. The highest BCUT2D eigenvalue weighted by Gasteiger charge is 2.41. The molecule has 0 aliphatic carbocycles. The van der Waals surface area contributed by atoms with Crippen LogP contribution in [0.1, 0.15) is 33.1 Å². The number of nitrogens with zero attached hydrogens (tertiary/aromatic N) is 2. The van der Waals surface area contributed by atoms with Gasteiger partial charge in [-0.1, -0.05) is 66.2 Å². The topological polar surface area (TPSA) is 62.5 Å². The number of carbonyl (C=O) groups excluding carboxylic acids is 1. The Morgan fingerprint density at radius 2 is 1.65 bits per heavy atom. The summed E-state index contributed by atoms with van der Waals surface area (Å²) in [5, 5.41) is 10.6. The molecule has 2 heterocycles. The van der Waals surface area contributed by atoms with E-state index in [-0.39, 0.29) is 12.5 Å². The van der Waals surface area contributed by atoms with Crippen LogP contribution in [-0.2, 0) is 11.8 Å². The number of hydrogen-bond donors (Lipinski definition) is 1. The third-order valence-electron chi connectivity index (χ3n) is 6.11. The van der Waals surface area contributed by atoms with Gasteiger partial charge in [0.2, 0.25) is 0 Å². The molecular formula is C26H22N2O3. The van der Waals surface area contributed by atoms with Crippen molar-refractivity contribution in [2.24, 2.45) is 7.05 Å². The van der Waals surface area contributed by atoms with Gasteiger partial charge in [-0.3, -0.25) is 9.59 Å². The number of para-hydroxylation sites is 1. The molecule has 1 aliphatic heterocycles. The van der Waals surface area contributed by atoms with Crippen LogP contribution in [0, 0.1) is 6.92 Å². The Morgan fingerprint density at radius 1 is 0.968 bits per heavy atom. The number of carboxylic acids is 1. The van der Waals surface area contributed by atoms with Crippen LogP contribution < -0.4 is 0 Å². The molecule has 0 bridgehead atoms. The minimum Gasteiger partial charge on any atom is -0.480 e. The van der Waals surface area contributed by atoms with E-state index in [0.717, 1.165) is 38.9 Å². The van der Waals surface area contributed by atoms with Crippen LogP contribution in [0.25, 0.3) is 22.2 Å². The Bertz CT molecular complexity index is 1330. The fourth-order valence-corrected chi connectivity index (χ4v) is 4.75. The van der Waals surface area contributed by atoms with E-state index in [4.69, 9.17) is 0 Å². The summed E-state index contributed by atoms with van der Waals surface area (Å²) >= 11 is 0. The molecule has 0 fully saturated rings. The molecule has 0 saturated carbocycles. The van der Waals surface area contributed by atoms with Gasteiger partial charge in [0.25, 0.3) is 5.91 Å². The maximum Gasteiger partial charge on any atom is 0.323 e. The number of fused-ring (bicyclic) bond motifs is 2. The normalized spacial score (nSPS) is 15.5. The van der Waals surface area contributed by atoms with E-state index in [2.05, 4.69) is 34.9 Å². The number of rotatable bonds is 4. The highest BCUT2D eigenvalue weighted by molar-refractivity contribution is 6.03. The molecule has 0 saturated heterocycles. The maximum atomic E-state index is 13.2. The van der Waals surface area contributed by atoms with Crippen LogP contribution in [0.2, 0.25) is 0 Å². The number of aryl methyl sites for hydroxylation is 2. The largest absolute Gasteiger partial charge is 0.480 e. The van der Waals surface area contributed by atoms with Gasteiger partial charge in [-0.25, -0.2) is 0 Å². The zero-order valence-electron chi connectivity index (χ0n) is 17.4. The van der Waals surface area contributed by atoms with Gasteiger partial charge in [-0.15, -0.1) is 0 Å². The Labute approximate surface area is 180 Å². The Kier molecular flexibility index (Phi) is 4.40. The smallest absolute Gasteiger partial charge is 0.323 e.